The summed E-state index contributed by atoms with van der Waals surface area (Å²) >= 11 is 5.09. The maximum atomic E-state index is 5.96. The van der Waals surface area contributed by atoms with Crippen LogP contribution in [0.25, 0.3) is 0 Å². The number of hydrogen-bond acceptors (Lipinski definition) is 2. The Morgan fingerprint density at radius 2 is 1.91 bits per heavy atom. The van der Waals surface area contributed by atoms with Crippen molar-refractivity contribution in [3.8, 4) is 5.75 Å². The van der Waals surface area contributed by atoms with Crippen molar-refractivity contribution >= 4 is 23.5 Å². The summed E-state index contributed by atoms with van der Waals surface area (Å²) in [5.74, 6) is 0.819. The van der Waals surface area contributed by atoms with E-state index in [0.717, 1.165) is 17.9 Å². The largest absolute Gasteiger partial charge is 0.488 e. The number of ether oxygens (including phenoxy) is 1. The number of benzene rings is 2. The van der Waals surface area contributed by atoms with E-state index in [4.69, 9.17) is 17.0 Å². The Labute approximate surface area is 142 Å². The number of nitrogens with one attached hydrogen (secondary N) is 3. The third-order valence-corrected chi connectivity index (χ3v) is 3.56. The van der Waals surface area contributed by atoms with Crippen LogP contribution in [-0.4, -0.2) is 17.9 Å². The molecule has 0 radical (unpaired) electrons. The van der Waals surface area contributed by atoms with E-state index in [9.17, 15) is 0 Å². The van der Waals surface area contributed by atoms with Gasteiger partial charge in [-0.25, -0.2) is 0 Å². The van der Waals surface area contributed by atoms with Crippen molar-refractivity contribution in [1.29, 1.82) is 0 Å². The van der Waals surface area contributed by atoms with Crippen molar-refractivity contribution in [2.75, 3.05) is 6.54 Å². The second kappa shape index (κ2) is 8.90. The van der Waals surface area contributed by atoms with Crippen LogP contribution < -0.4 is 20.6 Å². The lowest BCUT2D eigenvalue weighted by molar-refractivity contribution is -0.500. The number of rotatable bonds is 6. The molecule has 2 aromatic carbocycles. The minimum absolute atomic E-state index is 0.542. The molecule has 23 heavy (non-hydrogen) atoms. The highest BCUT2D eigenvalue weighted by Crippen LogP contribution is 2.18. The summed E-state index contributed by atoms with van der Waals surface area (Å²) in [6, 6.07) is 16.1. The van der Waals surface area contributed by atoms with Crippen LogP contribution in [0.15, 0.2) is 48.5 Å². The minimum Gasteiger partial charge on any atom is -0.488 e. The van der Waals surface area contributed by atoms with Crippen molar-refractivity contribution in [1.82, 2.24) is 10.7 Å². The molecule has 0 bridgehead atoms. The van der Waals surface area contributed by atoms with Crippen LogP contribution in [0.5, 0.6) is 5.75 Å². The Morgan fingerprint density at radius 1 is 1.17 bits per heavy atom. The standard InChI is InChI=1S/C18H21N3OS/c1-3-19-18(23)21-20-12-15-9-6-7-11-17(15)22-13-16-10-5-4-8-14(16)2/h4-12H,3,13H2,1-2H3,(H2,19,21,23)/p+1. The molecule has 0 unspecified atom stereocenters. The Hall–Kier alpha value is -2.40. The number of thiocarbonyl (C=S) groups is 1. The SMILES string of the molecule is CCNC(=S)N[NH+]=Cc1ccccc1OCc1ccccc1C. The smallest absolute Gasteiger partial charge is 0.223 e. The molecule has 0 spiro atoms. The molecular weight excluding hydrogens is 306 g/mol. The average Bonchev–Trinajstić information content (AvgIpc) is 2.55. The van der Waals surface area contributed by atoms with Crippen LogP contribution in [0.2, 0.25) is 0 Å². The summed E-state index contributed by atoms with van der Waals surface area (Å²) in [6.45, 7) is 5.40. The molecule has 0 aliphatic rings. The molecule has 3 N–H and O–H groups in total. The van der Waals surface area contributed by atoms with E-state index < -0.39 is 0 Å². The first-order chi connectivity index (χ1) is 11.2. The van der Waals surface area contributed by atoms with Gasteiger partial charge in [0.05, 0.1) is 5.56 Å². The Balaban J connectivity index is 2.01. The molecule has 4 nitrogen and oxygen atoms in total. The topological polar surface area (TPSA) is 47.3 Å². The first-order valence-corrected chi connectivity index (χ1v) is 8.00. The quantitative estimate of drug-likeness (QED) is 0.427. The van der Waals surface area contributed by atoms with Crippen LogP contribution in [0.3, 0.4) is 0 Å². The fraction of sp³-hybridized carbons (Fsp3) is 0.222. The first-order valence-electron chi connectivity index (χ1n) is 7.59. The van der Waals surface area contributed by atoms with Crippen LogP contribution in [0.1, 0.15) is 23.6 Å². The number of hydrazine groups is 1. The van der Waals surface area contributed by atoms with Crippen LogP contribution in [0, 0.1) is 6.92 Å². The number of hydrogen-bond donors (Lipinski definition) is 3. The van der Waals surface area contributed by atoms with Gasteiger partial charge in [-0.15, -0.1) is 10.5 Å². The summed E-state index contributed by atoms with van der Waals surface area (Å²) in [5, 5.41) is 6.54. The molecule has 0 saturated carbocycles. The van der Waals surface area contributed by atoms with E-state index in [1.54, 1.807) is 0 Å². The van der Waals surface area contributed by atoms with Gasteiger partial charge in [0, 0.05) is 6.54 Å². The summed E-state index contributed by atoms with van der Waals surface area (Å²) in [5.41, 5.74) is 6.26. The predicted octanol–water partition coefficient (Wildman–Crippen LogP) is 1.47. The Bertz CT molecular complexity index is 685. The summed E-state index contributed by atoms with van der Waals surface area (Å²) < 4.78 is 5.96. The zero-order valence-electron chi connectivity index (χ0n) is 13.4. The third-order valence-electron chi connectivity index (χ3n) is 3.31. The van der Waals surface area contributed by atoms with Crippen molar-refractivity contribution in [2.45, 2.75) is 20.5 Å². The van der Waals surface area contributed by atoms with E-state index in [2.05, 4.69) is 34.9 Å². The molecule has 5 heteroatoms. The van der Waals surface area contributed by atoms with Gasteiger partial charge in [0.1, 0.15) is 12.4 Å². The van der Waals surface area contributed by atoms with Crippen LogP contribution >= 0.6 is 12.2 Å². The van der Waals surface area contributed by atoms with Crippen molar-refractivity contribution < 1.29 is 9.84 Å². The number of hydrazone groups is 1. The van der Waals surface area contributed by atoms with E-state index in [1.165, 1.54) is 11.1 Å². The monoisotopic (exact) mass is 328 g/mol. The van der Waals surface area contributed by atoms with Gasteiger partial charge >= 0.3 is 0 Å². The molecule has 0 fully saturated rings. The van der Waals surface area contributed by atoms with Crippen molar-refractivity contribution in [2.24, 2.45) is 0 Å². The van der Waals surface area contributed by atoms with E-state index in [-0.39, 0.29) is 0 Å². The Kier molecular flexibility index (Phi) is 6.56. The van der Waals surface area contributed by atoms with Crippen LogP contribution in [-0.2, 0) is 6.61 Å². The molecule has 0 heterocycles. The summed E-state index contributed by atoms with van der Waals surface area (Å²) in [6.07, 6.45) is 1.83. The molecule has 0 aliphatic carbocycles. The zero-order valence-corrected chi connectivity index (χ0v) is 14.2. The fourth-order valence-electron chi connectivity index (χ4n) is 2.04. The molecule has 0 saturated heterocycles. The molecule has 0 aromatic heterocycles. The van der Waals surface area contributed by atoms with Gasteiger partial charge in [0.15, 0.2) is 0 Å². The van der Waals surface area contributed by atoms with E-state index >= 15 is 0 Å². The normalized spacial score (nSPS) is 10.5. The lowest BCUT2D eigenvalue weighted by Gasteiger charge is -2.09. The second-order valence-electron chi connectivity index (χ2n) is 5.03. The molecule has 2 rings (SSSR count). The molecule has 2 aromatic rings. The maximum absolute atomic E-state index is 5.96. The lowest BCUT2D eigenvalue weighted by atomic mass is 10.1. The van der Waals surface area contributed by atoms with Gasteiger partial charge < -0.3 is 10.1 Å². The Morgan fingerprint density at radius 3 is 2.70 bits per heavy atom. The van der Waals surface area contributed by atoms with Gasteiger partial charge in [-0.2, -0.15) is 0 Å². The summed E-state index contributed by atoms with van der Waals surface area (Å²) in [4.78, 5) is 0. The highest BCUT2D eigenvalue weighted by atomic mass is 32.1. The highest BCUT2D eigenvalue weighted by Gasteiger charge is 2.05. The second-order valence-corrected chi connectivity index (χ2v) is 5.43. The number of aryl methyl sites for hydroxylation is 1. The van der Waals surface area contributed by atoms with Gasteiger partial charge in [-0.05, 0) is 49.3 Å². The average molecular weight is 328 g/mol. The molecule has 120 valence electrons. The lowest BCUT2D eigenvalue weighted by Crippen LogP contribution is -2.82. The fourth-order valence-corrected chi connectivity index (χ4v) is 2.25. The maximum Gasteiger partial charge on any atom is 0.223 e. The highest BCUT2D eigenvalue weighted by molar-refractivity contribution is 7.80. The van der Waals surface area contributed by atoms with Crippen molar-refractivity contribution in [3.63, 3.8) is 0 Å². The molecular formula is C18H22N3OS+. The van der Waals surface area contributed by atoms with Crippen LogP contribution in [0.4, 0.5) is 0 Å². The van der Waals surface area contributed by atoms with Gasteiger partial charge in [-0.3, -0.25) is 0 Å². The first kappa shape index (κ1) is 17.0. The van der Waals surface area contributed by atoms with Gasteiger partial charge in [-0.1, -0.05) is 36.4 Å². The van der Waals surface area contributed by atoms with Gasteiger partial charge in [0.2, 0.25) is 11.3 Å². The molecule has 0 atom stereocenters. The van der Waals surface area contributed by atoms with Crippen molar-refractivity contribution in [3.05, 3.63) is 65.2 Å². The molecule has 0 amide bonds. The number of para-hydroxylation sites is 1. The zero-order chi connectivity index (χ0) is 16.5. The summed E-state index contributed by atoms with van der Waals surface area (Å²) in [7, 11) is 0. The van der Waals surface area contributed by atoms with E-state index in [0.29, 0.717) is 11.7 Å². The molecule has 0 aliphatic heterocycles. The third kappa shape index (κ3) is 5.38. The van der Waals surface area contributed by atoms with E-state index in [1.807, 2.05) is 49.5 Å². The predicted molar refractivity (Wildman–Crippen MR) is 97.5 cm³/mol. The van der Waals surface area contributed by atoms with Gasteiger partial charge in [0.25, 0.3) is 0 Å². The minimum atomic E-state index is 0.542.